The molecule has 0 spiro atoms. The number of benzene rings is 1. The summed E-state index contributed by atoms with van der Waals surface area (Å²) in [5.74, 6) is 1.95. The van der Waals surface area contributed by atoms with Crippen LogP contribution in [-0.2, 0) is 13.6 Å². The largest absolute Gasteiger partial charge is 0.494 e. The highest BCUT2D eigenvalue weighted by Crippen LogP contribution is 2.21. The van der Waals surface area contributed by atoms with E-state index in [9.17, 15) is 4.39 Å². The van der Waals surface area contributed by atoms with E-state index in [-0.39, 0.29) is 11.6 Å². The normalized spacial score (nSPS) is 15.0. The standard InChI is InChI=1S/C19H22FN7O/c1-25-18(17-21-6-3-7-22-17)23-24-19(25)27-10-8-26(9-11-27)13-14-4-5-16(28-2)15(20)12-14/h3-7,12H,8-11,13H2,1-2H3. The van der Waals surface area contributed by atoms with Crippen molar-refractivity contribution in [1.29, 1.82) is 0 Å². The van der Waals surface area contributed by atoms with E-state index in [1.807, 2.05) is 17.7 Å². The minimum Gasteiger partial charge on any atom is -0.494 e. The Morgan fingerprint density at radius 2 is 1.82 bits per heavy atom. The third-order valence-corrected chi connectivity index (χ3v) is 4.90. The molecule has 4 rings (SSSR count). The zero-order valence-electron chi connectivity index (χ0n) is 15.9. The van der Waals surface area contributed by atoms with Crippen LogP contribution in [0.25, 0.3) is 11.6 Å². The Morgan fingerprint density at radius 3 is 2.50 bits per heavy atom. The zero-order valence-corrected chi connectivity index (χ0v) is 15.9. The van der Waals surface area contributed by atoms with Gasteiger partial charge in [0.1, 0.15) is 0 Å². The maximum absolute atomic E-state index is 13.9. The summed E-state index contributed by atoms with van der Waals surface area (Å²) >= 11 is 0. The Kier molecular flexibility index (Phi) is 5.16. The van der Waals surface area contributed by atoms with Gasteiger partial charge in [-0.2, -0.15) is 0 Å². The van der Waals surface area contributed by atoms with Crippen molar-refractivity contribution in [3.8, 4) is 17.4 Å². The lowest BCUT2D eigenvalue weighted by Gasteiger charge is -2.35. The van der Waals surface area contributed by atoms with Gasteiger partial charge in [-0.3, -0.25) is 9.47 Å². The summed E-state index contributed by atoms with van der Waals surface area (Å²) in [6, 6.07) is 6.89. The molecule has 0 unspecified atom stereocenters. The highest BCUT2D eigenvalue weighted by Gasteiger charge is 2.23. The molecule has 2 aromatic heterocycles. The molecule has 1 aliphatic rings. The van der Waals surface area contributed by atoms with Gasteiger partial charge in [0.15, 0.2) is 17.4 Å². The van der Waals surface area contributed by atoms with E-state index in [1.165, 1.54) is 7.11 Å². The van der Waals surface area contributed by atoms with Gasteiger partial charge in [0.2, 0.25) is 11.8 Å². The lowest BCUT2D eigenvalue weighted by molar-refractivity contribution is 0.247. The average Bonchev–Trinajstić information content (AvgIpc) is 3.11. The Hall–Kier alpha value is -3.07. The molecule has 0 amide bonds. The van der Waals surface area contributed by atoms with E-state index in [0.29, 0.717) is 18.2 Å². The monoisotopic (exact) mass is 383 g/mol. The van der Waals surface area contributed by atoms with Crippen LogP contribution < -0.4 is 9.64 Å². The van der Waals surface area contributed by atoms with Gasteiger partial charge >= 0.3 is 0 Å². The summed E-state index contributed by atoms with van der Waals surface area (Å²) in [4.78, 5) is 13.0. The van der Waals surface area contributed by atoms with E-state index in [1.54, 1.807) is 30.6 Å². The van der Waals surface area contributed by atoms with Crippen LogP contribution in [-0.4, -0.2) is 62.9 Å². The fourth-order valence-corrected chi connectivity index (χ4v) is 3.38. The Morgan fingerprint density at radius 1 is 1.07 bits per heavy atom. The Balaban J connectivity index is 1.39. The first kappa shape index (κ1) is 18.3. The summed E-state index contributed by atoms with van der Waals surface area (Å²) in [5, 5.41) is 8.59. The van der Waals surface area contributed by atoms with Crippen LogP contribution in [0.15, 0.2) is 36.7 Å². The van der Waals surface area contributed by atoms with E-state index < -0.39 is 0 Å². The topological polar surface area (TPSA) is 72.2 Å². The number of hydrogen-bond donors (Lipinski definition) is 0. The maximum atomic E-state index is 13.9. The third kappa shape index (κ3) is 3.65. The van der Waals surface area contributed by atoms with Crippen molar-refractivity contribution in [2.75, 3.05) is 38.2 Å². The van der Waals surface area contributed by atoms with Gasteiger partial charge in [-0.05, 0) is 23.8 Å². The van der Waals surface area contributed by atoms with E-state index in [0.717, 1.165) is 37.7 Å². The number of aromatic nitrogens is 5. The number of piperazine rings is 1. The molecule has 146 valence electrons. The van der Waals surface area contributed by atoms with Crippen molar-refractivity contribution in [2.24, 2.45) is 7.05 Å². The number of anilines is 1. The highest BCUT2D eigenvalue weighted by atomic mass is 19.1. The maximum Gasteiger partial charge on any atom is 0.227 e. The van der Waals surface area contributed by atoms with Crippen molar-refractivity contribution < 1.29 is 9.13 Å². The molecule has 8 nitrogen and oxygen atoms in total. The number of methoxy groups -OCH3 is 1. The van der Waals surface area contributed by atoms with Crippen LogP contribution in [0.2, 0.25) is 0 Å². The molecular formula is C19H22FN7O. The average molecular weight is 383 g/mol. The van der Waals surface area contributed by atoms with Crippen LogP contribution in [0.1, 0.15) is 5.56 Å². The minimum absolute atomic E-state index is 0.272. The second-order valence-electron chi connectivity index (χ2n) is 6.69. The fraction of sp³-hybridized carbons (Fsp3) is 0.368. The molecule has 28 heavy (non-hydrogen) atoms. The van der Waals surface area contributed by atoms with Crippen LogP contribution in [0, 0.1) is 5.82 Å². The van der Waals surface area contributed by atoms with Gasteiger partial charge in [0.05, 0.1) is 7.11 Å². The van der Waals surface area contributed by atoms with Crippen LogP contribution in [0.3, 0.4) is 0 Å². The lowest BCUT2D eigenvalue weighted by Crippen LogP contribution is -2.46. The molecule has 1 aromatic carbocycles. The van der Waals surface area contributed by atoms with Crippen LogP contribution in [0.4, 0.5) is 10.3 Å². The Labute approximate surface area is 162 Å². The molecule has 0 atom stereocenters. The first-order chi connectivity index (χ1) is 13.7. The van der Waals surface area contributed by atoms with Gasteiger partial charge in [-0.15, -0.1) is 10.2 Å². The molecule has 1 saturated heterocycles. The van der Waals surface area contributed by atoms with Crippen molar-refractivity contribution in [2.45, 2.75) is 6.54 Å². The van der Waals surface area contributed by atoms with Gasteiger partial charge in [-0.1, -0.05) is 6.07 Å². The van der Waals surface area contributed by atoms with E-state index in [2.05, 4.69) is 30.0 Å². The van der Waals surface area contributed by atoms with Crippen molar-refractivity contribution in [3.05, 3.63) is 48.0 Å². The molecule has 0 N–H and O–H groups in total. The number of ether oxygens (including phenoxy) is 1. The van der Waals surface area contributed by atoms with Crippen LogP contribution in [0.5, 0.6) is 5.75 Å². The summed E-state index contributed by atoms with van der Waals surface area (Å²) in [7, 11) is 3.40. The number of hydrogen-bond acceptors (Lipinski definition) is 7. The minimum atomic E-state index is -0.326. The molecule has 1 aliphatic heterocycles. The summed E-state index contributed by atoms with van der Waals surface area (Å²) < 4.78 is 20.8. The quantitative estimate of drug-likeness (QED) is 0.665. The smallest absolute Gasteiger partial charge is 0.227 e. The van der Waals surface area contributed by atoms with Gasteiger partial charge in [-0.25, -0.2) is 14.4 Å². The summed E-state index contributed by atoms with van der Waals surface area (Å²) in [5.41, 5.74) is 0.939. The molecule has 3 heterocycles. The second-order valence-corrected chi connectivity index (χ2v) is 6.69. The second kappa shape index (κ2) is 7.89. The van der Waals surface area contributed by atoms with Gasteiger partial charge in [0, 0.05) is 52.2 Å². The molecule has 3 aromatic rings. The highest BCUT2D eigenvalue weighted by molar-refractivity contribution is 5.48. The predicted molar refractivity (Wildman–Crippen MR) is 102 cm³/mol. The van der Waals surface area contributed by atoms with Crippen molar-refractivity contribution in [3.63, 3.8) is 0 Å². The summed E-state index contributed by atoms with van der Waals surface area (Å²) in [6.45, 7) is 4.06. The molecule has 0 radical (unpaired) electrons. The number of rotatable bonds is 5. The summed E-state index contributed by atoms with van der Waals surface area (Å²) in [6.07, 6.45) is 3.38. The molecule has 0 saturated carbocycles. The molecular weight excluding hydrogens is 361 g/mol. The SMILES string of the molecule is COc1ccc(CN2CCN(c3nnc(-c4ncccn4)n3C)CC2)cc1F. The van der Waals surface area contributed by atoms with Gasteiger partial charge < -0.3 is 9.64 Å². The van der Waals surface area contributed by atoms with Crippen molar-refractivity contribution >= 4 is 5.95 Å². The molecule has 9 heteroatoms. The van der Waals surface area contributed by atoms with E-state index in [4.69, 9.17) is 4.74 Å². The first-order valence-electron chi connectivity index (χ1n) is 9.12. The number of halogens is 1. The number of nitrogens with zero attached hydrogens (tertiary/aromatic N) is 7. The van der Waals surface area contributed by atoms with Crippen molar-refractivity contribution in [1.82, 2.24) is 29.6 Å². The fourth-order valence-electron chi connectivity index (χ4n) is 3.38. The van der Waals surface area contributed by atoms with E-state index >= 15 is 0 Å². The molecule has 0 aliphatic carbocycles. The lowest BCUT2D eigenvalue weighted by atomic mass is 10.2. The molecule has 0 bridgehead atoms. The Bertz CT molecular complexity index is 939. The molecule has 1 fully saturated rings. The zero-order chi connectivity index (χ0) is 19.5. The first-order valence-corrected chi connectivity index (χ1v) is 9.12. The predicted octanol–water partition coefficient (Wildman–Crippen LogP) is 1.74. The van der Waals surface area contributed by atoms with Crippen LogP contribution >= 0.6 is 0 Å². The van der Waals surface area contributed by atoms with Gasteiger partial charge in [0.25, 0.3) is 0 Å². The third-order valence-electron chi connectivity index (χ3n) is 4.90.